The van der Waals surface area contributed by atoms with Gasteiger partial charge in [-0.25, -0.2) is 18.7 Å². The van der Waals surface area contributed by atoms with Crippen LogP contribution in [0.25, 0.3) is 22.3 Å². The molecule has 0 amide bonds. The maximum absolute atomic E-state index is 13.0. The predicted molar refractivity (Wildman–Crippen MR) is 201 cm³/mol. The van der Waals surface area contributed by atoms with Gasteiger partial charge in [0.05, 0.1) is 11.1 Å². The van der Waals surface area contributed by atoms with E-state index in [-0.39, 0.29) is 28.9 Å². The zero-order valence-electron chi connectivity index (χ0n) is 30.6. The summed E-state index contributed by atoms with van der Waals surface area (Å²) >= 11 is 7.06. The molecule has 5 rings (SSSR count). The van der Waals surface area contributed by atoms with Crippen LogP contribution in [0, 0.1) is 0 Å². The van der Waals surface area contributed by atoms with Gasteiger partial charge < -0.3 is 26.5 Å². The Morgan fingerprint density at radius 1 is 0.686 bits per heavy atom. The Bertz CT molecular complexity index is 1950. The summed E-state index contributed by atoms with van der Waals surface area (Å²) in [4.78, 5) is 25.9. The first-order valence-corrected chi connectivity index (χ1v) is 17.7. The number of rotatable bonds is 11. The van der Waals surface area contributed by atoms with E-state index < -0.39 is 11.2 Å². The van der Waals surface area contributed by atoms with Crippen LogP contribution >= 0.6 is 11.6 Å². The molecule has 1 heterocycles. The van der Waals surface area contributed by atoms with E-state index in [0.29, 0.717) is 24.2 Å². The molecule has 0 radical (unpaired) electrons. The minimum absolute atomic E-state index is 0. The molecule has 0 fully saturated rings. The van der Waals surface area contributed by atoms with Crippen molar-refractivity contribution in [3.05, 3.63) is 136 Å². The van der Waals surface area contributed by atoms with Crippen LogP contribution in [0.1, 0.15) is 98.8 Å². The summed E-state index contributed by atoms with van der Waals surface area (Å²) in [6.07, 6.45) is 5.09. The van der Waals surface area contributed by atoms with Crippen LogP contribution in [-0.4, -0.2) is 27.7 Å². The number of ether oxygens (including phenoxy) is 2. The molecule has 6 nitrogen and oxygen atoms in total. The molecule has 51 heavy (non-hydrogen) atoms. The van der Waals surface area contributed by atoms with E-state index in [4.69, 9.17) is 21.1 Å². The highest BCUT2D eigenvalue weighted by molar-refractivity contribution is 6.29. The highest BCUT2D eigenvalue weighted by atomic mass is 79.9. The van der Waals surface area contributed by atoms with Gasteiger partial charge in [-0.05, 0) is 105 Å². The highest BCUT2D eigenvalue weighted by Crippen LogP contribution is 2.28. The summed E-state index contributed by atoms with van der Waals surface area (Å²) in [7, 11) is 0. The minimum Gasteiger partial charge on any atom is -1.00 e. The molecule has 8 heteroatoms. The van der Waals surface area contributed by atoms with E-state index in [9.17, 15) is 9.59 Å². The van der Waals surface area contributed by atoms with Crippen molar-refractivity contribution in [3.8, 4) is 22.3 Å². The van der Waals surface area contributed by atoms with Crippen molar-refractivity contribution in [2.45, 2.75) is 92.0 Å². The number of halogens is 2. The van der Waals surface area contributed by atoms with Gasteiger partial charge >= 0.3 is 11.9 Å². The Labute approximate surface area is 318 Å². The van der Waals surface area contributed by atoms with Crippen LogP contribution in [0.2, 0.25) is 5.15 Å². The Morgan fingerprint density at radius 3 is 1.59 bits per heavy atom. The van der Waals surface area contributed by atoms with Crippen molar-refractivity contribution in [1.82, 2.24) is 4.57 Å². The first-order valence-electron chi connectivity index (χ1n) is 17.3. The van der Waals surface area contributed by atoms with Gasteiger partial charge in [-0.2, -0.15) is 0 Å². The fraction of sp³-hybridized carbons (Fsp3) is 0.326. The maximum Gasteiger partial charge on any atom is 0.339 e. The van der Waals surface area contributed by atoms with E-state index in [1.54, 1.807) is 0 Å². The SMILES string of the molecule is CCCCc1c(Cl)[n+](Cc2ccc(-c3ccccc3C(=O)OC(C)(C)C)cc2)cn1Cc1ccc(-c2ccccc2C(=O)OC(C)(C)C)cc1.[Br-]. The molecule has 5 aromatic rings. The molecule has 0 spiro atoms. The number of aromatic nitrogens is 2. The van der Waals surface area contributed by atoms with Crippen LogP contribution in [0.3, 0.4) is 0 Å². The van der Waals surface area contributed by atoms with Gasteiger partial charge in [0.25, 0.3) is 0 Å². The molecule has 4 aromatic carbocycles. The fourth-order valence-corrected chi connectivity index (χ4v) is 6.18. The second-order valence-corrected chi connectivity index (χ2v) is 15.1. The van der Waals surface area contributed by atoms with Crippen molar-refractivity contribution in [3.63, 3.8) is 0 Å². The van der Waals surface area contributed by atoms with Gasteiger partial charge in [0.1, 0.15) is 24.3 Å². The summed E-state index contributed by atoms with van der Waals surface area (Å²) in [6.45, 7) is 14.7. The van der Waals surface area contributed by atoms with Gasteiger partial charge in [-0.1, -0.05) is 98.3 Å². The molecule has 0 bridgehead atoms. The number of nitrogens with zero attached hydrogens (tertiary/aromatic N) is 2. The molecule has 0 aliphatic carbocycles. The van der Waals surface area contributed by atoms with Gasteiger partial charge in [-0.15, -0.1) is 0 Å². The number of hydrogen-bond donors (Lipinski definition) is 0. The minimum atomic E-state index is -0.574. The second-order valence-electron chi connectivity index (χ2n) is 14.7. The van der Waals surface area contributed by atoms with E-state index in [0.717, 1.165) is 63.5 Å². The number of carbonyl (C=O) groups is 2. The average molecular weight is 772 g/mol. The van der Waals surface area contributed by atoms with Gasteiger partial charge in [-0.3, -0.25) is 0 Å². The van der Waals surface area contributed by atoms with Crippen LogP contribution in [0.5, 0.6) is 0 Å². The number of unbranched alkanes of at least 4 members (excludes halogenated alkanes) is 1. The Balaban J connectivity index is 0.00000583. The molecule has 0 atom stereocenters. The molecule has 1 aromatic heterocycles. The molecule has 0 saturated carbocycles. The first kappa shape index (κ1) is 39.6. The van der Waals surface area contributed by atoms with Crippen molar-refractivity contribution >= 4 is 23.5 Å². The summed E-state index contributed by atoms with van der Waals surface area (Å²) < 4.78 is 15.7. The highest BCUT2D eigenvalue weighted by Gasteiger charge is 2.24. The van der Waals surface area contributed by atoms with Gasteiger partial charge in [0.15, 0.2) is 5.69 Å². The lowest BCUT2D eigenvalue weighted by Crippen LogP contribution is -3.00. The molecule has 0 saturated heterocycles. The largest absolute Gasteiger partial charge is 1.00 e. The van der Waals surface area contributed by atoms with Crippen LogP contribution in [-0.2, 0) is 29.0 Å². The maximum atomic E-state index is 13.0. The van der Waals surface area contributed by atoms with Crippen LogP contribution in [0.4, 0.5) is 0 Å². The lowest BCUT2D eigenvalue weighted by molar-refractivity contribution is -0.685. The summed E-state index contributed by atoms with van der Waals surface area (Å²) in [6, 6.07) is 31.7. The molecular weight excluding hydrogens is 724 g/mol. The quantitative estimate of drug-likeness (QED) is 0.106. The second kappa shape index (κ2) is 16.9. The van der Waals surface area contributed by atoms with E-state index >= 15 is 0 Å². The Kier molecular flexibility index (Phi) is 13.1. The summed E-state index contributed by atoms with van der Waals surface area (Å²) in [5.41, 5.74) is 6.88. The number of imidazole rings is 1. The Hall–Kier alpha value is -4.20. The first-order chi connectivity index (χ1) is 23.7. The van der Waals surface area contributed by atoms with Crippen LogP contribution in [0.15, 0.2) is 103 Å². The van der Waals surface area contributed by atoms with E-state index in [2.05, 4.69) is 58.8 Å². The normalized spacial score (nSPS) is 11.5. The van der Waals surface area contributed by atoms with Crippen molar-refractivity contribution in [2.75, 3.05) is 0 Å². The third-order valence-corrected chi connectivity index (χ3v) is 8.65. The lowest BCUT2D eigenvalue weighted by Gasteiger charge is -2.20. The molecule has 0 aliphatic rings. The van der Waals surface area contributed by atoms with Crippen molar-refractivity contribution < 1.29 is 40.6 Å². The van der Waals surface area contributed by atoms with Gasteiger partial charge in [0, 0.05) is 6.42 Å². The van der Waals surface area contributed by atoms with Crippen molar-refractivity contribution in [2.24, 2.45) is 0 Å². The number of esters is 2. The number of hydrogen-bond acceptors (Lipinski definition) is 4. The lowest BCUT2D eigenvalue weighted by atomic mass is 9.98. The molecule has 0 unspecified atom stereocenters. The topological polar surface area (TPSA) is 61.4 Å². The smallest absolute Gasteiger partial charge is 0.339 e. The summed E-state index contributed by atoms with van der Waals surface area (Å²) in [5.74, 6) is -0.662. The van der Waals surface area contributed by atoms with E-state index in [1.807, 2.05) is 102 Å². The third kappa shape index (κ3) is 10.4. The Morgan fingerprint density at radius 2 is 1.14 bits per heavy atom. The summed E-state index contributed by atoms with van der Waals surface area (Å²) in [5, 5.41) is 0.737. The third-order valence-electron chi connectivity index (χ3n) is 8.21. The van der Waals surface area contributed by atoms with Gasteiger partial charge in [0.2, 0.25) is 11.5 Å². The standard InChI is InChI=1S/C43H48ClN2O4.BrH/c1-8-9-18-38-39(44)46(28-31-21-25-33(26-22-31)35-15-11-13-17-37(35)41(48)50-43(5,6)7)29-45(38)27-30-19-23-32(24-20-30)34-14-10-12-16-36(34)40(47)49-42(2,3)4;/h10-17,19-26,29H,8-9,18,27-28H2,1-7H3;1H/q+1;/p-1. The molecule has 268 valence electrons. The van der Waals surface area contributed by atoms with E-state index in [1.165, 1.54) is 0 Å². The molecular formula is C43H48BrClN2O4. The average Bonchev–Trinajstić information content (AvgIpc) is 3.35. The zero-order valence-corrected chi connectivity index (χ0v) is 33.0. The molecule has 0 N–H and O–H groups in total. The number of carbonyl (C=O) groups excluding carboxylic acids is 2. The number of benzene rings is 4. The monoisotopic (exact) mass is 770 g/mol. The fourth-order valence-electron chi connectivity index (χ4n) is 5.88. The van der Waals surface area contributed by atoms with Crippen LogP contribution < -0.4 is 21.5 Å². The zero-order chi connectivity index (χ0) is 36.1. The predicted octanol–water partition coefficient (Wildman–Crippen LogP) is 7.12. The van der Waals surface area contributed by atoms with Crippen molar-refractivity contribution in [1.29, 1.82) is 0 Å². The molecule has 0 aliphatic heterocycles.